The second kappa shape index (κ2) is 11.4. The molecular formula is C27H27N3O6S. The number of esters is 1. The van der Waals surface area contributed by atoms with E-state index in [1.807, 2.05) is 6.07 Å². The number of sulfonamides is 1. The van der Waals surface area contributed by atoms with Crippen molar-refractivity contribution >= 4 is 39.2 Å². The number of ether oxygens (including phenoxy) is 1. The molecule has 3 N–H and O–H groups in total. The molecule has 0 fully saturated rings. The van der Waals surface area contributed by atoms with Crippen molar-refractivity contribution in [2.75, 3.05) is 17.2 Å². The Morgan fingerprint density at radius 1 is 1.00 bits per heavy atom. The number of amides is 2. The standard InChI is InChI=1S/C27H27N3O6S/c1-2-36-27(33)20-9-6-10-21(16-20)28-26(32)24(15-18-7-4-3-5-8-18)30-37(34,35)22-12-13-23-19(17-22)11-14-25(31)29-23/h3-10,12-13,16-17,24,30H,2,11,14-15H2,1H3,(H,28,32)(H,29,31)/t24-/m1/s1. The molecule has 3 aromatic carbocycles. The number of carbonyl (C=O) groups excluding carboxylic acids is 3. The number of carbonyl (C=O) groups is 3. The minimum Gasteiger partial charge on any atom is -0.462 e. The summed E-state index contributed by atoms with van der Waals surface area (Å²) >= 11 is 0. The summed E-state index contributed by atoms with van der Waals surface area (Å²) in [6.07, 6.45) is 0.799. The third-order valence-electron chi connectivity index (χ3n) is 5.82. The van der Waals surface area contributed by atoms with Crippen molar-refractivity contribution in [3.63, 3.8) is 0 Å². The highest BCUT2D eigenvalue weighted by Crippen LogP contribution is 2.26. The van der Waals surface area contributed by atoms with Gasteiger partial charge in [0, 0.05) is 17.8 Å². The molecule has 3 aromatic rings. The smallest absolute Gasteiger partial charge is 0.338 e. The zero-order valence-corrected chi connectivity index (χ0v) is 21.0. The highest BCUT2D eigenvalue weighted by atomic mass is 32.2. The van der Waals surface area contributed by atoms with Gasteiger partial charge in [0.2, 0.25) is 21.8 Å². The minimum absolute atomic E-state index is 0.00225. The molecule has 1 atom stereocenters. The number of hydrogen-bond donors (Lipinski definition) is 3. The highest BCUT2D eigenvalue weighted by molar-refractivity contribution is 7.89. The molecule has 0 unspecified atom stereocenters. The summed E-state index contributed by atoms with van der Waals surface area (Å²) < 4.78 is 34.2. The van der Waals surface area contributed by atoms with Gasteiger partial charge in [0.15, 0.2) is 0 Å². The van der Waals surface area contributed by atoms with Crippen molar-refractivity contribution in [1.29, 1.82) is 0 Å². The maximum absolute atomic E-state index is 13.3. The lowest BCUT2D eigenvalue weighted by Crippen LogP contribution is -2.45. The number of rotatable bonds is 9. The first kappa shape index (κ1) is 26.1. The van der Waals surface area contributed by atoms with Gasteiger partial charge in [-0.1, -0.05) is 36.4 Å². The van der Waals surface area contributed by atoms with Crippen LogP contribution in [0, 0.1) is 0 Å². The van der Waals surface area contributed by atoms with Gasteiger partial charge in [0.05, 0.1) is 17.1 Å². The number of nitrogens with one attached hydrogen (secondary N) is 3. The van der Waals surface area contributed by atoms with E-state index in [1.165, 1.54) is 18.2 Å². The summed E-state index contributed by atoms with van der Waals surface area (Å²) in [5.41, 5.74) is 2.65. The Morgan fingerprint density at radius 3 is 2.54 bits per heavy atom. The number of anilines is 2. The molecule has 0 saturated heterocycles. The van der Waals surface area contributed by atoms with Crippen molar-refractivity contribution in [3.8, 4) is 0 Å². The molecule has 0 spiro atoms. The van der Waals surface area contributed by atoms with Crippen LogP contribution in [-0.2, 0) is 37.2 Å². The third kappa shape index (κ3) is 6.60. The van der Waals surface area contributed by atoms with Gasteiger partial charge in [0.25, 0.3) is 0 Å². The van der Waals surface area contributed by atoms with E-state index in [4.69, 9.17) is 4.74 Å². The maximum atomic E-state index is 13.3. The summed E-state index contributed by atoms with van der Waals surface area (Å²) in [7, 11) is -4.09. The van der Waals surface area contributed by atoms with E-state index in [9.17, 15) is 22.8 Å². The molecule has 1 heterocycles. The van der Waals surface area contributed by atoms with Gasteiger partial charge in [0.1, 0.15) is 6.04 Å². The zero-order valence-electron chi connectivity index (χ0n) is 20.2. The van der Waals surface area contributed by atoms with Crippen LogP contribution in [0.3, 0.4) is 0 Å². The van der Waals surface area contributed by atoms with E-state index in [0.717, 1.165) is 5.56 Å². The molecule has 1 aliphatic rings. The molecule has 2 amide bonds. The summed E-state index contributed by atoms with van der Waals surface area (Å²) in [5, 5.41) is 5.43. The molecule has 4 rings (SSSR count). The largest absolute Gasteiger partial charge is 0.462 e. The van der Waals surface area contributed by atoms with E-state index in [1.54, 1.807) is 55.5 Å². The van der Waals surface area contributed by atoms with Crippen LogP contribution in [0.1, 0.15) is 34.8 Å². The fourth-order valence-corrected chi connectivity index (χ4v) is 5.23. The first-order chi connectivity index (χ1) is 17.7. The SMILES string of the molecule is CCOC(=O)c1cccc(NC(=O)[C@@H](Cc2ccccc2)NS(=O)(=O)c2ccc3c(c2)CCC(=O)N3)c1. The summed E-state index contributed by atoms with van der Waals surface area (Å²) in [6, 6.07) is 18.6. The third-order valence-corrected chi connectivity index (χ3v) is 7.29. The average molecular weight is 522 g/mol. The minimum atomic E-state index is -4.09. The fraction of sp³-hybridized carbons (Fsp3) is 0.222. The quantitative estimate of drug-likeness (QED) is 0.371. The number of benzene rings is 3. The molecule has 0 saturated carbocycles. The molecule has 0 bridgehead atoms. The van der Waals surface area contributed by atoms with Gasteiger partial charge in [-0.15, -0.1) is 0 Å². The molecule has 1 aliphatic heterocycles. The number of fused-ring (bicyclic) bond motifs is 1. The lowest BCUT2D eigenvalue weighted by atomic mass is 10.0. The van der Waals surface area contributed by atoms with Gasteiger partial charge in [-0.3, -0.25) is 9.59 Å². The summed E-state index contributed by atoms with van der Waals surface area (Å²) in [5.74, 6) is -1.23. The predicted molar refractivity (Wildman–Crippen MR) is 139 cm³/mol. The van der Waals surface area contributed by atoms with Crippen LogP contribution in [-0.4, -0.2) is 38.9 Å². The van der Waals surface area contributed by atoms with Crippen molar-refractivity contribution < 1.29 is 27.5 Å². The topological polar surface area (TPSA) is 131 Å². The lowest BCUT2D eigenvalue weighted by molar-refractivity contribution is -0.118. The molecule has 0 radical (unpaired) electrons. The Labute approximate surface area is 215 Å². The monoisotopic (exact) mass is 521 g/mol. The van der Waals surface area contributed by atoms with Gasteiger partial charge in [-0.05, 0) is 67.3 Å². The van der Waals surface area contributed by atoms with Crippen LogP contribution in [0.2, 0.25) is 0 Å². The van der Waals surface area contributed by atoms with Crippen LogP contribution in [0.4, 0.5) is 11.4 Å². The van der Waals surface area contributed by atoms with Gasteiger partial charge >= 0.3 is 5.97 Å². The Bertz CT molecular complexity index is 1420. The molecule has 0 aromatic heterocycles. The van der Waals surface area contributed by atoms with Crippen molar-refractivity contribution in [2.45, 2.75) is 37.1 Å². The van der Waals surface area contributed by atoms with Gasteiger partial charge in [-0.25, -0.2) is 13.2 Å². The Balaban J connectivity index is 1.58. The van der Waals surface area contributed by atoms with Crippen molar-refractivity contribution in [3.05, 3.63) is 89.5 Å². The Kier molecular flexibility index (Phi) is 8.00. The van der Waals surface area contributed by atoms with E-state index in [0.29, 0.717) is 23.4 Å². The first-order valence-corrected chi connectivity index (χ1v) is 13.3. The molecular weight excluding hydrogens is 494 g/mol. The summed E-state index contributed by atoms with van der Waals surface area (Å²) in [4.78, 5) is 37.0. The highest BCUT2D eigenvalue weighted by Gasteiger charge is 2.28. The molecule has 37 heavy (non-hydrogen) atoms. The van der Waals surface area contributed by atoms with Crippen LogP contribution < -0.4 is 15.4 Å². The molecule has 10 heteroatoms. The van der Waals surface area contributed by atoms with Crippen molar-refractivity contribution in [2.24, 2.45) is 0 Å². The zero-order chi connectivity index (χ0) is 26.4. The van der Waals surface area contributed by atoms with E-state index in [2.05, 4.69) is 15.4 Å². The maximum Gasteiger partial charge on any atom is 0.338 e. The predicted octanol–water partition coefficient (Wildman–Crippen LogP) is 3.28. The van der Waals surface area contributed by atoms with Gasteiger partial charge in [-0.2, -0.15) is 4.72 Å². The van der Waals surface area contributed by atoms with Crippen LogP contribution in [0.5, 0.6) is 0 Å². The number of aryl methyl sites for hydroxylation is 1. The second-order valence-electron chi connectivity index (χ2n) is 8.52. The number of hydrogen-bond acceptors (Lipinski definition) is 6. The van der Waals surface area contributed by atoms with Crippen LogP contribution in [0.15, 0.2) is 77.7 Å². The Morgan fingerprint density at radius 2 is 1.78 bits per heavy atom. The van der Waals surface area contributed by atoms with Crippen LogP contribution >= 0.6 is 0 Å². The van der Waals surface area contributed by atoms with Crippen LogP contribution in [0.25, 0.3) is 0 Å². The van der Waals surface area contributed by atoms with E-state index < -0.39 is 27.9 Å². The summed E-state index contributed by atoms with van der Waals surface area (Å²) in [6.45, 7) is 1.91. The van der Waals surface area contributed by atoms with Crippen molar-refractivity contribution in [1.82, 2.24) is 4.72 Å². The molecule has 192 valence electrons. The van der Waals surface area contributed by atoms with E-state index >= 15 is 0 Å². The average Bonchev–Trinajstić information content (AvgIpc) is 2.88. The molecule has 9 nitrogen and oxygen atoms in total. The normalized spacial score (nSPS) is 13.7. The second-order valence-corrected chi connectivity index (χ2v) is 10.2. The molecule has 0 aliphatic carbocycles. The lowest BCUT2D eigenvalue weighted by Gasteiger charge is -2.21. The Hall–Kier alpha value is -4.02. The first-order valence-electron chi connectivity index (χ1n) is 11.8. The fourth-order valence-electron chi connectivity index (χ4n) is 3.99. The van der Waals surface area contributed by atoms with E-state index in [-0.39, 0.29) is 35.8 Å². The van der Waals surface area contributed by atoms with Gasteiger partial charge < -0.3 is 15.4 Å².